The summed E-state index contributed by atoms with van der Waals surface area (Å²) in [5.74, 6) is 1.41. The minimum atomic E-state index is 0.126. The number of ketones is 1. The molecule has 0 heterocycles. The summed E-state index contributed by atoms with van der Waals surface area (Å²) in [7, 11) is 3.15. The first-order valence-corrected chi connectivity index (χ1v) is 5.48. The van der Waals surface area contributed by atoms with Gasteiger partial charge in [-0.05, 0) is 18.6 Å². The van der Waals surface area contributed by atoms with Gasteiger partial charge in [-0.25, -0.2) is 0 Å². The summed E-state index contributed by atoms with van der Waals surface area (Å²) in [5, 5.41) is 0. The third-order valence-electron chi connectivity index (χ3n) is 2.47. The van der Waals surface area contributed by atoms with Gasteiger partial charge in [0, 0.05) is 12.5 Å². The second kappa shape index (κ2) is 6.16. The lowest BCUT2D eigenvalue weighted by Crippen LogP contribution is -2.02. The Kier molecular flexibility index (Phi) is 4.83. The molecule has 1 aromatic rings. The lowest BCUT2D eigenvalue weighted by atomic mass is 10.0. The highest BCUT2D eigenvalue weighted by molar-refractivity contribution is 5.98. The Morgan fingerprint density at radius 1 is 1.25 bits per heavy atom. The molecule has 0 radical (unpaired) electrons. The van der Waals surface area contributed by atoms with Crippen LogP contribution < -0.4 is 9.47 Å². The van der Waals surface area contributed by atoms with Gasteiger partial charge in [0.1, 0.15) is 11.5 Å². The van der Waals surface area contributed by atoms with Gasteiger partial charge in [-0.3, -0.25) is 4.79 Å². The van der Waals surface area contributed by atoms with E-state index in [1.807, 2.05) is 0 Å². The molecular formula is C13H18O3. The summed E-state index contributed by atoms with van der Waals surface area (Å²) in [5.41, 5.74) is 0.636. The molecule has 3 nitrogen and oxygen atoms in total. The van der Waals surface area contributed by atoms with Crippen LogP contribution in [0.4, 0.5) is 0 Å². The SMILES string of the molecule is CCCCC(=O)c1ccc(OC)cc1OC. The number of methoxy groups -OCH3 is 2. The Morgan fingerprint density at radius 3 is 2.56 bits per heavy atom. The molecule has 0 aliphatic carbocycles. The molecule has 0 saturated carbocycles. The van der Waals surface area contributed by atoms with Crippen molar-refractivity contribution < 1.29 is 14.3 Å². The molecule has 1 rings (SSSR count). The molecule has 0 amide bonds. The van der Waals surface area contributed by atoms with Crippen LogP contribution in [0.1, 0.15) is 36.5 Å². The summed E-state index contributed by atoms with van der Waals surface area (Å²) in [6, 6.07) is 5.27. The van der Waals surface area contributed by atoms with E-state index in [-0.39, 0.29) is 5.78 Å². The Labute approximate surface area is 96.4 Å². The van der Waals surface area contributed by atoms with Gasteiger partial charge in [0.25, 0.3) is 0 Å². The molecule has 0 bridgehead atoms. The number of hydrogen-bond acceptors (Lipinski definition) is 3. The molecule has 0 aromatic heterocycles. The average Bonchev–Trinajstić information content (AvgIpc) is 2.34. The van der Waals surface area contributed by atoms with Crippen LogP contribution >= 0.6 is 0 Å². The summed E-state index contributed by atoms with van der Waals surface area (Å²) in [6.07, 6.45) is 2.50. The molecule has 0 atom stereocenters. The van der Waals surface area contributed by atoms with Crippen molar-refractivity contribution in [2.24, 2.45) is 0 Å². The van der Waals surface area contributed by atoms with Crippen molar-refractivity contribution in [2.45, 2.75) is 26.2 Å². The molecule has 0 saturated heterocycles. The summed E-state index contributed by atoms with van der Waals surface area (Å²) >= 11 is 0. The maximum atomic E-state index is 11.9. The highest BCUT2D eigenvalue weighted by atomic mass is 16.5. The molecule has 0 unspecified atom stereocenters. The van der Waals surface area contributed by atoms with E-state index in [0.29, 0.717) is 23.5 Å². The number of carbonyl (C=O) groups is 1. The van der Waals surface area contributed by atoms with Crippen LogP contribution in [-0.2, 0) is 0 Å². The van der Waals surface area contributed by atoms with Gasteiger partial charge >= 0.3 is 0 Å². The summed E-state index contributed by atoms with van der Waals surface area (Å²) < 4.78 is 10.3. The fraction of sp³-hybridized carbons (Fsp3) is 0.462. The quantitative estimate of drug-likeness (QED) is 0.694. The number of Topliss-reactive ketones (excluding diaryl/α,β-unsaturated/α-hetero) is 1. The van der Waals surface area contributed by atoms with Crippen LogP contribution in [0.2, 0.25) is 0 Å². The first kappa shape index (κ1) is 12.6. The van der Waals surface area contributed by atoms with Crippen LogP contribution in [0.15, 0.2) is 18.2 Å². The van der Waals surface area contributed by atoms with E-state index in [1.54, 1.807) is 32.4 Å². The number of rotatable bonds is 6. The predicted octanol–water partition coefficient (Wildman–Crippen LogP) is 3.08. The van der Waals surface area contributed by atoms with Crippen molar-refractivity contribution in [3.8, 4) is 11.5 Å². The zero-order chi connectivity index (χ0) is 12.0. The average molecular weight is 222 g/mol. The van der Waals surface area contributed by atoms with Crippen molar-refractivity contribution in [2.75, 3.05) is 14.2 Å². The van der Waals surface area contributed by atoms with Gasteiger partial charge < -0.3 is 9.47 Å². The van der Waals surface area contributed by atoms with Gasteiger partial charge in [0.05, 0.1) is 19.8 Å². The van der Waals surface area contributed by atoms with Crippen molar-refractivity contribution in [3.05, 3.63) is 23.8 Å². The molecular weight excluding hydrogens is 204 g/mol. The first-order chi connectivity index (χ1) is 7.72. The highest BCUT2D eigenvalue weighted by Crippen LogP contribution is 2.25. The van der Waals surface area contributed by atoms with Gasteiger partial charge in [-0.1, -0.05) is 13.3 Å². The van der Waals surface area contributed by atoms with E-state index in [1.165, 1.54) is 0 Å². The molecule has 0 spiro atoms. The predicted molar refractivity (Wildman–Crippen MR) is 63.4 cm³/mol. The number of hydrogen-bond donors (Lipinski definition) is 0. The third kappa shape index (κ3) is 2.99. The van der Waals surface area contributed by atoms with Gasteiger partial charge in [-0.2, -0.15) is 0 Å². The molecule has 0 aliphatic heterocycles. The highest BCUT2D eigenvalue weighted by Gasteiger charge is 2.12. The standard InChI is InChI=1S/C13H18O3/c1-4-5-6-12(14)11-8-7-10(15-2)9-13(11)16-3/h7-9H,4-6H2,1-3H3. The van der Waals surface area contributed by atoms with E-state index in [4.69, 9.17) is 9.47 Å². The van der Waals surface area contributed by atoms with E-state index in [9.17, 15) is 4.79 Å². The third-order valence-corrected chi connectivity index (χ3v) is 2.47. The molecule has 0 N–H and O–H groups in total. The number of carbonyl (C=O) groups excluding carboxylic acids is 1. The zero-order valence-corrected chi connectivity index (χ0v) is 10.1. The Bertz CT molecular complexity index is 358. The van der Waals surface area contributed by atoms with Crippen LogP contribution in [0.25, 0.3) is 0 Å². The van der Waals surface area contributed by atoms with Gasteiger partial charge in [0.2, 0.25) is 0 Å². The van der Waals surface area contributed by atoms with E-state index < -0.39 is 0 Å². The summed E-state index contributed by atoms with van der Waals surface area (Å²) in [4.78, 5) is 11.9. The van der Waals surface area contributed by atoms with E-state index in [0.717, 1.165) is 12.8 Å². The largest absolute Gasteiger partial charge is 0.497 e. The molecule has 3 heteroatoms. The van der Waals surface area contributed by atoms with Crippen molar-refractivity contribution >= 4 is 5.78 Å². The monoisotopic (exact) mass is 222 g/mol. The first-order valence-electron chi connectivity index (χ1n) is 5.48. The molecule has 16 heavy (non-hydrogen) atoms. The van der Waals surface area contributed by atoms with E-state index in [2.05, 4.69) is 6.92 Å². The fourth-order valence-corrected chi connectivity index (χ4v) is 1.50. The Hall–Kier alpha value is -1.51. The van der Waals surface area contributed by atoms with Gasteiger partial charge in [-0.15, -0.1) is 0 Å². The van der Waals surface area contributed by atoms with Crippen LogP contribution in [0.3, 0.4) is 0 Å². The normalized spacial score (nSPS) is 9.94. The lowest BCUT2D eigenvalue weighted by molar-refractivity contribution is 0.0977. The number of ether oxygens (including phenoxy) is 2. The Morgan fingerprint density at radius 2 is 2.00 bits per heavy atom. The minimum absolute atomic E-state index is 0.126. The van der Waals surface area contributed by atoms with E-state index >= 15 is 0 Å². The Balaban J connectivity index is 2.90. The van der Waals surface area contributed by atoms with Crippen LogP contribution in [-0.4, -0.2) is 20.0 Å². The number of unbranched alkanes of at least 4 members (excludes halogenated alkanes) is 1. The smallest absolute Gasteiger partial charge is 0.166 e. The topological polar surface area (TPSA) is 35.5 Å². The van der Waals surface area contributed by atoms with Crippen molar-refractivity contribution in [1.82, 2.24) is 0 Å². The number of benzene rings is 1. The molecule has 0 fully saturated rings. The second-order valence-corrected chi connectivity index (χ2v) is 3.59. The molecule has 1 aromatic carbocycles. The second-order valence-electron chi connectivity index (χ2n) is 3.59. The minimum Gasteiger partial charge on any atom is -0.497 e. The van der Waals surface area contributed by atoms with Crippen molar-refractivity contribution in [3.63, 3.8) is 0 Å². The maximum Gasteiger partial charge on any atom is 0.166 e. The van der Waals surface area contributed by atoms with Crippen molar-refractivity contribution in [1.29, 1.82) is 0 Å². The van der Waals surface area contributed by atoms with Crippen LogP contribution in [0, 0.1) is 0 Å². The summed E-state index contributed by atoms with van der Waals surface area (Å²) in [6.45, 7) is 2.07. The molecule has 0 aliphatic rings. The fourth-order valence-electron chi connectivity index (χ4n) is 1.50. The van der Waals surface area contributed by atoms with Gasteiger partial charge in [0.15, 0.2) is 5.78 Å². The zero-order valence-electron chi connectivity index (χ0n) is 10.1. The lowest BCUT2D eigenvalue weighted by Gasteiger charge is -2.09. The molecule has 88 valence electrons. The maximum absolute atomic E-state index is 11.9. The van der Waals surface area contributed by atoms with Crippen LogP contribution in [0.5, 0.6) is 11.5 Å².